The highest BCUT2D eigenvalue weighted by Gasteiger charge is 2.15. The number of nitrogens with one attached hydrogen (secondary N) is 1. The minimum Gasteiger partial charge on any atom is -0.449 e. The highest BCUT2D eigenvalue weighted by atomic mass is 35.5. The number of likely N-dealkylation sites (N-methyl/N-ethyl adjacent to an activating group) is 1. The number of carbonyl (C=O) groups is 2. The quantitative estimate of drug-likeness (QED) is 0.666. The van der Waals surface area contributed by atoms with Gasteiger partial charge in [0.1, 0.15) is 0 Å². The third kappa shape index (κ3) is 5.14. The molecule has 0 aliphatic carbocycles. The number of esters is 1. The molecule has 0 aliphatic heterocycles. The van der Waals surface area contributed by atoms with E-state index in [1.165, 1.54) is 13.0 Å². The Kier molecular flexibility index (Phi) is 6.09. The summed E-state index contributed by atoms with van der Waals surface area (Å²) < 4.78 is 4.95. The van der Waals surface area contributed by atoms with Crippen LogP contribution >= 0.6 is 11.6 Å². The maximum atomic E-state index is 11.5. The first kappa shape index (κ1) is 15.2. The van der Waals surface area contributed by atoms with E-state index >= 15 is 0 Å². The molecule has 1 aromatic carbocycles. The van der Waals surface area contributed by atoms with Gasteiger partial charge in [0.15, 0.2) is 6.10 Å². The number of halogens is 1. The number of hydrogen-bond acceptors (Lipinski definition) is 3. The third-order valence-corrected chi connectivity index (χ3v) is 2.66. The minimum atomic E-state index is -0.816. The fourth-order valence-corrected chi connectivity index (χ4v) is 1.55. The molecule has 0 saturated carbocycles. The molecule has 0 radical (unpaired) electrons. The molecule has 0 bridgehead atoms. The fourth-order valence-electron chi connectivity index (χ4n) is 1.35. The Morgan fingerprint density at radius 2 is 2.11 bits per heavy atom. The van der Waals surface area contributed by atoms with Crippen molar-refractivity contribution in [1.82, 2.24) is 5.32 Å². The smallest absolute Gasteiger partial charge is 0.331 e. The molecule has 102 valence electrons. The van der Waals surface area contributed by atoms with Crippen molar-refractivity contribution in [2.45, 2.75) is 20.0 Å². The Labute approximate surface area is 117 Å². The summed E-state index contributed by atoms with van der Waals surface area (Å²) in [5.74, 6) is -0.902. The van der Waals surface area contributed by atoms with Crippen LogP contribution in [-0.4, -0.2) is 24.5 Å². The van der Waals surface area contributed by atoms with Crippen LogP contribution in [0.2, 0.25) is 5.02 Å². The zero-order valence-corrected chi connectivity index (χ0v) is 11.6. The first-order valence-electron chi connectivity index (χ1n) is 5.95. The number of carbonyl (C=O) groups excluding carboxylic acids is 2. The van der Waals surface area contributed by atoms with E-state index in [0.717, 1.165) is 0 Å². The van der Waals surface area contributed by atoms with E-state index < -0.39 is 12.1 Å². The van der Waals surface area contributed by atoms with Crippen LogP contribution in [0.25, 0.3) is 6.08 Å². The van der Waals surface area contributed by atoms with Crippen molar-refractivity contribution >= 4 is 29.6 Å². The minimum absolute atomic E-state index is 0.318. The van der Waals surface area contributed by atoms with Crippen LogP contribution in [0, 0.1) is 0 Å². The van der Waals surface area contributed by atoms with Gasteiger partial charge in [-0.1, -0.05) is 29.8 Å². The summed E-state index contributed by atoms with van der Waals surface area (Å²) in [5, 5.41) is 3.12. The van der Waals surface area contributed by atoms with Gasteiger partial charge in [-0.05, 0) is 31.6 Å². The Bertz CT molecular complexity index is 485. The predicted octanol–water partition coefficient (Wildman–Crippen LogP) is 2.42. The van der Waals surface area contributed by atoms with E-state index in [9.17, 15) is 9.59 Å². The molecule has 0 spiro atoms. The van der Waals surface area contributed by atoms with E-state index in [1.807, 2.05) is 6.07 Å². The summed E-state index contributed by atoms with van der Waals surface area (Å²) >= 11 is 5.94. The van der Waals surface area contributed by atoms with E-state index in [-0.39, 0.29) is 5.91 Å². The fraction of sp³-hybridized carbons (Fsp3) is 0.286. The van der Waals surface area contributed by atoms with Gasteiger partial charge in [-0.15, -0.1) is 0 Å². The van der Waals surface area contributed by atoms with Crippen molar-refractivity contribution in [3.63, 3.8) is 0 Å². The molecule has 0 saturated heterocycles. The Morgan fingerprint density at radius 3 is 2.74 bits per heavy atom. The second-order valence-corrected chi connectivity index (χ2v) is 4.24. The van der Waals surface area contributed by atoms with Crippen molar-refractivity contribution in [1.29, 1.82) is 0 Å². The molecule has 1 N–H and O–H groups in total. The molecule has 0 aromatic heterocycles. The van der Waals surface area contributed by atoms with E-state index in [0.29, 0.717) is 17.1 Å². The Hall–Kier alpha value is -1.81. The van der Waals surface area contributed by atoms with Crippen molar-refractivity contribution < 1.29 is 14.3 Å². The lowest BCUT2D eigenvalue weighted by Crippen LogP contribution is -2.35. The Balaban J connectivity index is 2.56. The molecule has 1 atom stereocenters. The lowest BCUT2D eigenvalue weighted by atomic mass is 10.2. The van der Waals surface area contributed by atoms with Gasteiger partial charge in [0.2, 0.25) is 0 Å². The van der Waals surface area contributed by atoms with Crippen LogP contribution in [0.5, 0.6) is 0 Å². The summed E-state index contributed by atoms with van der Waals surface area (Å²) in [4.78, 5) is 22.9. The van der Waals surface area contributed by atoms with Gasteiger partial charge in [0, 0.05) is 17.6 Å². The molecule has 0 aliphatic rings. The summed E-state index contributed by atoms with van der Waals surface area (Å²) in [7, 11) is 0. The molecule has 1 amide bonds. The molecule has 1 unspecified atom stereocenters. The molecule has 1 rings (SSSR count). The predicted molar refractivity (Wildman–Crippen MR) is 74.7 cm³/mol. The molecule has 0 heterocycles. The maximum Gasteiger partial charge on any atom is 0.331 e. The Morgan fingerprint density at radius 1 is 1.42 bits per heavy atom. The first-order valence-corrected chi connectivity index (χ1v) is 6.33. The van der Waals surface area contributed by atoms with Gasteiger partial charge in [-0.2, -0.15) is 0 Å². The highest BCUT2D eigenvalue weighted by Crippen LogP contribution is 2.16. The van der Waals surface area contributed by atoms with Crippen LogP contribution in [-0.2, 0) is 14.3 Å². The van der Waals surface area contributed by atoms with Gasteiger partial charge in [0.05, 0.1) is 0 Å². The van der Waals surface area contributed by atoms with Gasteiger partial charge in [0.25, 0.3) is 5.91 Å². The molecule has 5 heteroatoms. The number of amides is 1. The average Bonchev–Trinajstić information content (AvgIpc) is 2.38. The lowest BCUT2D eigenvalue weighted by molar-refractivity contribution is -0.150. The number of hydrogen-bond donors (Lipinski definition) is 1. The topological polar surface area (TPSA) is 55.4 Å². The molecule has 19 heavy (non-hydrogen) atoms. The standard InChI is InChI=1S/C14H16ClNO3/c1-3-16-14(18)10(2)19-13(17)9-8-11-6-4-5-7-12(11)15/h4-10H,3H2,1-2H3,(H,16,18)/b9-8+. The summed E-state index contributed by atoms with van der Waals surface area (Å²) in [6.45, 7) is 3.81. The number of benzene rings is 1. The number of rotatable bonds is 5. The molecule has 0 fully saturated rings. The average molecular weight is 282 g/mol. The van der Waals surface area contributed by atoms with E-state index in [2.05, 4.69) is 5.32 Å². The normalized spacial score (nSPS) is 12.2. The molecular weight excluding hydrogens is 266 g/mol. The van der Waals surface area contributed by atoms with Crippen molar-refractivity contribution in [2.75, 3.05) is 6.54 Å². The molecular formula is C14H16ClNO3. The van der Waals surface area contributed by atoms with Gasteiger partial charge >= 0.3 is 5.97 Å². The zero-order chi connectivity index (χ0) is 14.3. The van der Waals surface area contributed by atoms with E-state index in [4.69, 9.17) is 16.3 Å². The summed E-state index contributed by atoms with van der Waals surface area (Å²) in [5.41, 5.74) is 0.715. The second-order valence-electron chi connectivity index (χ2n) is 3.83. The first-order chi connectivity index (χ1) is 9.04. The second kappa shape index (κ2) is 7.59. The van der Waals surface area contributed by atoms with E-state index in [1.54, 1.807) is 31.2 Å². The van der Waals surface area contributed by atoms with Crippen molar-refractivity contribution in [2.24, 2.45) is 0 Å². The van der Waals surface area contributed by atoms with Crippen LogP contribution < -0.4 is 5.32 Å². The highest BCUT2D eigenvalue weighted by molar-refractivity contribution is 6.32. The SMILES string of the molecule is CCNC(=O)C(C)OC(=O)/C=C/c1ccccc1Cl. The van der Waals surface area contributed by atoms with Gasteiger partial charge < -0.3 is 10.1 Å². The number of ether oxygens (including phenoxy) is 1. The van der Waals surface area contributed by atoms with Gasteiger partial charge in [-0.3, -0.25) is 4.79 Å². The van der Waals surface area contributed by atoms with Gasteiger partial charge in [-0.25, -0.2) is 4.79 Å². The van der Waals surface area contributed by atoms with Crippen molar-refractivity contribution in [3.8, 4) is 0 Å². The molecule has 1 aromatic rings. The van der Waals surface area contributed by atoms with Crippen LogP contribution in [0.15, 0.2) is 30.3 Å². The van der Waals surface area contributed by atoms with Crippen LogP contribution in [0.3, 0.4) is 0 Å². The monoisotopic (exact) mass is 281 g/mol. The largest absolute Gasteiger partial charge is 0.449 e. The maximum absolute atomic E-state index is 11.5. The molecule has 4 nitrogen and oxygen atoms in total. The lowest BCUT2D eigenvalue weighted by Gasteiger charge is -2.10. The summed E-state index contributed by atoms with van der Waals surface area (Å²) in [6, 6.07) is 7.12. The van der Waals surface area contributed by atoms with Crippen molar-refractivity contribution in [3.05, 3.63) is 40.9 Å². The van der Waals surface area contributed by atoms with Crippen LogP contribution in [0.1, 0.15) is 19.4 Å². The zero-order valence-electron chi connectivity index (χ0n) is 10.9. The summed E-state index contributed by atoms with van der Waals surface area (Å²) in [6.07, 6.45) is 1.98. The van der Waals surface area contributed by atoms with Crippen LogP contribution in [0.4, 0.5) is 0 Å². The third-order valence-electron chi connectivity index (χ3n) is 2.32.